The van der Waals surface area contributed by atoms with Crippen molar-refractivity contribution in [2.24, 2.45) is 0 Å². The normalized spacial score (nSPS) is 11.3. The minimum absolute atomic E-state index is 0.0439. The van der Waals surface area contributed by atoms with Gasteiger partial charge in [0.1, 0.15) is 17.3 Å². The zero-order valence-corrected chi connectivity index (χ0v) is 15.2. The van der Waals surface area contributed by atoms with E-state index >= 15 is 0 Å². The molecule has 0 aliphatic rings. The third-order valence-corrected chi connectivity index (χ3v) is 3.94. The summed E-state index contributed by atoms with van der Waals surface area (Å²) >= 11 is 0. The fraction of sp³-hybridized carbons (Fsp3) is 0.0500. The molecule has 10 heteroatoms. The zero-order valence-electron chi connectivity index (χ0n) is 15.2. The zero-order chi connectivity index (χ0) is 21.1. The average molecular weight is 413 g/mol. The predicted molar refractivity (Wildman–Crippen MR) is 103 cm³/mol. The standard InChI is InChI=1S/C20H14F3N5O2/c21-20(22,23)13-4-2-5-14(10-13)26-19-28-27-18(30-19)12-3-1-6-15(9-12)29-16-7-8-25-17(24)11-16/h1-11H,(H2,24,25)(H,26,28). The van der Waals surface area contributed by atoms with Crippen LogP contribution in [0.25, 0.3) is 11.5 Å². The Bertz CT molecular complexity index is 1180. The molecule has 2 aromatic carbocycles. The van der Waals surface area contributed by atoms with Crippen molar-refractivity contribution < 1.29 is 22.3 Å². The Morgan fingerprint density at radius 1 is 0.933 bits per heavy atom. The van der Waals surface area contributed by atoms with Crippen LogP contribution in [0.4, 0.5) is 30.7 Å². The molecule has 30 heavy (non-hydrogen) atoms. The van der Waals surface area contributed by atoms with Gasteiger partial charge in [0, 0.05) is 23.5 Å². The molecule has 4 aromatic rings. The molecule has 0 saturated carbocycles. The van der Waals surface area contributed by atoms with Gasteiger partial charge < -0.3 is 20.2 Å². The molecule has 2 heterocycles. The van der Waals surface area contributed by atoms with Gasteiger partial charge in [-0.3, -0.25) is 0 Å². The fourth-order valence-electron chi connectivity index (χ4n) is 2.61. The van der Waals surface area contributed by atoms with Crippen molar-refractivity contribution >= 4 is 17.5 Å². The second kappa shape index (κ2) is 7.74. The lowest BCUT2D eigenvalue weighted by atomic mass is 10.2. The van der Waals surface area contributed by atoms with Crippen molar-refractivity contribution in [1.29, 1.82) is 0 Å². The van der Waals surface area contributed by atoms with Crippen molar-refractivity contribution in [2.75, 3.05) is 11.1 Å². The molecule has 0 unspecified atom stereocenters. The molecule has 0 fully saturated rings. The second-order valence-electron chi connectivity index (χ2n) is 6.16. The lowest BCUT2D eigenvalue weighted by Crippen LogP contribution is -2.05. The van der Waals surface area contributed by atoms with E-state index < -0.39 is 11.7 Å². The number of nitrogens with one attached hydrogen (secondary N) is 1. The molecule has 0 amide bonds. The van der Waals surface area contributed by atoms with Gasteiger partial charge in [0.05, 0.1) is 5.56 Å². The predicted octanol–water partition coefficient (Wildman–Crippen LogP) is 5.27. The number of halogens is 3. The van der Waals surface area contributed by atoms with Crippen LogP contribution >= 0.6 is 0 Å². The van der Waals surface area contributed by atoms with E-state index in [2.05, 4.69) is 20.5 Å². The van der Waals surface area contributed by atoms with E-state index in [0.29, 0.717) is 22.9 Å². The Labute approximate surface area is 168 Å². The van der Waals surface area contributed by atoms with Crippen LogP contribution in [-0.4, -0.2) is 15.2 Å². The lowest BCUT2D eigenvalue weighted by molar-refractivity contribution is -0.137. The minimum atomic E-state index is -4.45. The number of rotatable bonds is 5. The summed E-state index contributed by atoms with van der Waals surface area (Å²) in [5.74, 6) is 1.51. The van der Waals surface area contributed by atoms with E-state index in [-0.39, 0.29) is 17.6 Å². The first-order valence-corrected chi connectivity index (χ1v) is 8.64. The van der Waals surface area contributed by atoms with Crippen molar-refractivity contribution in [1.82, 2.24) is 15.2 Å². The van der Waals surface area contributed by atoms with Gasteiger partial charge in [-0.15, -0.1) is 5.10 Å². The van der Waals surface area contributed by atoms with E-state index in [4.69, 9.17) is 14.9 Å². The first-order valence-electron chi connectivity index (χ1n) is 8.64. The molecule has 152 valence electrons. The maximum absolute atomic E-state index is 12.8. The van der Waals surface area contributed by atoms with Gasteiger partial charge in [0.25, 0.3) is 0 Å². The summed E-state index contributed by atoms with van der Waals surface area (Å²) in [4.78, 5) is 3.90. The molecule has 2 aromatic heterocycles. The van der Waals surface area contributed by atoms with Gasteiger partial charge in [-0.25, -0.2) is 4.98 Å². The van der Waals surface area contributed by atoms with E-state index in [1.807, 2.05) is 0 Å². The van der Waals surface area contributed by atoms with E-state index in [1.54, 1.807) is 36.4 Å². The fourth-order valence-corrected chi connectivity index (χ4v) is 2.61. The average Bonchev–Trinajstić information content (AvgIpc) is 3.16. The Kier molecular flexibility index (Phi) is 4.97. The maximum atomic E-state index is 12.8. The van der Waals surface area contributed by atoms with Crippen LogP contribution in [0, 0.1) is 0 Å². The number of nitrogens with zero attached hydrogens (tertiary/aromatic N) is 3. The molecular weight excluding hydrogens is 399 g/mol. The molecule has 3 N–H and O–H groups in total. The number of aromatic nitrogens is 3. The Morgan fingerprint density at radius 3 is 2.53 bits per heavy atom. The Balaban J connectivity index is 1.52. The summed E-state index contributed by atoms with van der Waals surface area (Å²) in [5, 5.41) is 10.4. The highest BCUT2D eigenvalue weighted by molar-refractivity contribution is 5.59. The molecule has 0 spiro atoms. The van der Waals surface area contributed by atoms with Crippen LogP contribution < -0.4 is 15.8 Å². The van der Waals surface area contributed by atoms with Gasteiger partial charge in [0.15, 0.2) is 0 Å². The summed E-state index contributed by atoms with van der Waals surface area (Å²) in [7, 11) is 0. The highest BCUT2D eigenvalue weighted by atomic mass is 19.4. The van der Waals surface area contributed by atoms with Crippen LogP contribution in [0.3, 0.4) is 0 Å². The number of benzene rings is 2. The van der Waals surface area contributed by atoms with Crippen molar-refractivity contribution in [3.8, 4) is 23.0 Å². The largest absolute Gasteiger partial charge is 0.457 e. The van der Waals surface area contributed by atoms with Crippen LogP contribution in [-0.2, 0) is 6.18 Å². The number of alkyl halides is 3. The Hall–Kier alpha value is -4.08. The minimum Gasteiger partial charge on any atom is -0.457 e. The molecule has 4 rings (SSSR count). The lowest BCUT2D eigenvalue weighted by Gasteiger charge is -2.08. The quantitative estimate of drug-likeness (QED) is 0.460. The van der Waals surface area contributed by atoms with Crippen molar-refractivity contribution in [3.05, 3.63) is 72.4 Å². The van der Waals surface area contributed by atoms with Crippen LogP contribution in [0.15, 0.2) is 71.3 Å². The number of anilines is 3. The summed E-state index contributed by atoms with van der Waals surface area (Å²) < 4.78 is 49.8. The molecular formula is C20H14F3N5O2. The van der Waals surface area contributed by atoms with Gasteiger partial charge in [-0.2, -0.15) is 13.2 Å². The third-order valence-electron chi connectivity index (χ3n) is 3.94. The second-order valence-corrected chi connectivity index (χ2v) is 6.16. The first kappa shape index (κ1) is 19.2. The van der Waals surface area contributed by atoms with Crippen molar-refractivity contribution in [3.63, 3.8) is 0 Å². The van der Waals surface area contributed by atoms with Gasteiger partial charge >= 0.3 is 12.2 Å². The van der Waals surface area contributed by atoms with Gasteiger partial charge in [-0.05, 0) is 42.5 Å². The number of nitrogen functional groups attached to an aromatic ring is 1. The van der Waals surface area contributed by atoms with E-state index in [9.17, 15) is 13.2 Å². The SMILES string of the molecule is Nc1cc(Oc2cccc(-c3nnc(Nc4cccc(C(F)(F)F)c4)o3)c2)ccn1. The highest BCUT2D eigenvalue weighted by Crippen LogP contribution is 2.32. The number of ether oxygens (including phenoxy) is 1. The molecule has 0 radical (unpaired) electrons. The van der Waals surface area contributed by atoms with E-state index in [0.717, 1.165) is 12.1 Å². The number of hydrogen-bond acceptors (Lipinski definition) is 7. The Morgan fingerprint density at radius 2 is 1.73 bits per heavy atom. The van der Waals surface area contributed by atoms with Crippen LogP contribution in [0.1, 0.15) is 5.56 Å². The molecule has 7 nitrogen and oxygen atoms in total. The molecule has 0 saturated heterocycles. The molecule has 0 atom stereocenters. The summed E-state index contributed by atoms with van der Waals surface area (Å²) in [6, 6.07) is 14.8. The summed E-state index contributed by atoms with van der Waals surface area (Å²) in [6.45, 7) is 0. The van der Waals surface area contributed by atoms with Crippen LogP contribution in [0.5, 0.6) is 11.5 Å². The highest BCUT2D eigenvalue weighted by Gasteiger charge is 2.30. The van der Waals surface area contributed by atoms with Gasteiger partial charge in [0.2, 0.25) is 5.89 Å². The summed E-state index contributed by atoms with van der Waals surface area (Å²) in [6.07, 6.45) is -2.92. The molecule has 0 bridgehead atoms. The number of pyridine rings is 1. The topological polar surface area (TPSA) is 99.1 Å². The van der Waals surface area contributed by atoms with E-state index in [1.165, 1.54) is 18.3 Å². The molecule has 0 aliphatic heterocycles. The number of nitrogens with two attached hydrogens (primary N) is 1. The first-order chi connectivity index (χ1) is 14.4. The van der Waals surface area contributed by atoms with Crippen LogP contribution in [0.2, 0.25) is 0 Å². The van der Waals surface area contributed by atoms with Crippen molar-refractivity contribution in [2.45, 2.75) is 6.18 Å². The van der Waals surface area contributed by atoms with Gasteiger partial charge in [-0.1, -0.05) is 17.2 Å². The number of hydrogen-bond donors (Lipinski definition) is 2. The summed E-state index contributed by atoms with van der Waals surface area (Å²) in [5.41, 5.74) is 5.60. The third kappa shape index (κ3) is 4.49. The maximum Gasteiger partial charge on any atom is 0.416 e. The molecule has 0 aliphatic carbocycles. The monoisotopic (exact) mass is 413 g/mol. The smallest absolute Gasteiger partial charge is 0.416 e.